The molecule has 0 N–H and O–H groups in total. The minimum Gasteiger partial charge on any atom is -0.741 e. The van der Waals surface area contributed by atoms with Crippen LogP contribution in [-0.4, -0.2) is 30.0 Å². The first-order chi connectivity index (χ1) is 10.1. The van der Waals surface area contributed by atoms with Crippen molar-refractivity contribution in [3.05, 3.63) is 39.7 Å². The largest absolute Gasteiger partial charge is 0.741 e. The molecule has 1 aliphatic heterocycles. The van der Waals surface area contributed by atoms with Crippen LogP contribution in [0.3, 0.4) is 0 Å². The highest BCUT2D eigenvalue weighted by Gasteiger charge is 2.36. The normalized spacial score (nSPS) is 16.6. The molecule has 0 radical (unpaired) electrons. The average molecular weight is 419 g/mol. The number of benzene rings is 1. The highest BCUT2D eigenvalue weighted by molar-refractivity contribution is 9.10. The Morgan fingerprint density at radius 3 is 2.14 bits per heavy atom. The van der Waals surface area contributed by atoms with Crippen LogP contribution in [0.15, 0.2) is 34.1 Å². The summed E-state index contributed by atoms with van der Waals surface area (Å²) in [7, 11) is -5.53. The third kappa shape index (κ3) is 6.72. The predicted octanol–water partition coefficient (Wildman–Crippen LogP) is 3.88. The standard InChI is InChI=1S/C12H14BrS.CHF3O3S/c13-12-6-2-1-5-11(12)7-10-14-8-3-4-9-14;2-1(3,4)8(5,6)7/h1-2,5-7,10H,3-4,8-9H2;(H,5,6,7)/q+1;/p-1. The molecule has 0 saturated carbocycles. The van der Waals surface area contributed by atoms with Crippen molar-refractivity contribution in [2.24, 2.45) is 0 Å². The Bertz CT molecular complexity index is 609. The summed E-state index contributed by atoms with van der Waals surface area (Å²) in [5.41, 5.74) is -4.35. The Morgan fingerprint density at radius 2 is 1.68 bits per heavy atom. The Kier molecular flexibility index (Phi) is 7.43. The van der Waals surface area contributed by atoms with Crippen LogP contribution in [0.25, 0.3) is 6.08 Å². The van der Waals surface area contributed by atoms with Gasteiger partial charge in [0, 0.05) is 15.4 Å². The van der Waals surface area contributed by atoms with E-state index < -0.39 is 15.6 Å². The molecule has 1 aliphatic rings. The monoisotopic (exact) mass is 418 g/mol. The Hall–Kier alpha value is -0.510. The first-order valence-electron chi connectivity index (χ1n) is 6.22. The fourth-order valence-corrected chi connectivity index (χ4v) is 3.97. The van der Waals surface area contributed by atoms with Gasteiger partial charge >= 0.3 is 5.51 Å². The zero-order valence-corrected chi connectivity index (χ0v) is 14.6. The summed E-state index contributed by atoms with van der Waals surface area (Å²) in [5.74, 6) is 2.81. The zero-order chi connectivity index (χ0) is 16.8. The Labute approximate surface area is 138 Å². The molecule has 1 fully saturated rings. The van der Waals surface area contributed by atoms with Gasteiger partial charge in [-0.1, -0.05) is 34.1 Å². The Morgan fingerprint density at radius 1 is 1.18 bits per heavy atom. The van der Waals surface area contributed by atoms with Crippen molar-refractivity contribution in [1.29, 1.82) is 0 Å². The number of rotatable bonds is 2. The summed E-state index contributed by atoms with van der Waals surface area (Å²) in [4.78, 5) is 0. The summed E-state index contributed by atoms with van der Waals surface area (Å²) >= 11 is 3.56. The van der Waals surface area contributed by atoms with Crippen LogP contribution >= 0.6 is 15.9 Å². The Balaban J connectivity index is 0.000000261. The van der Waals surface area contributed by atoms with E-state index in [0.717, 1.165) is 0 Å². The van der Waals surface area contributed by atoms with Gasteiger partial charge in [0.25, 0.3) is 0 Å². The van der Waals surface area contributed by atoms with Crippen LogP contribution in [0.5, 0.6) is 0 Å². The lowest BCUT2D eigenvalue weighted by molar-refractivity contribution is -0.0517. The van der Waals surface area contributed by atoms with E-state index in [9.17, 15) is 13.2 Å². The molecule has 0 aliphatic carbocycles. The average Bonchev–Trinajstić information content (AvgIpc) is 2.89. The van der Waals surface area contributed by atoms with Crippen LogP contribution in [0.4, 0.5) is 13.2 Å². The molecular weight excluding hydrogens is 405 g/mol. The number of hydrogen-bond acceptors (Lipinski definition) is 3. The second-order valence-corrected chi connectivity index (χ2v) is 8.77. The highest BCUT2D eigenvalue weighted by atomic mass is 79.9. The van der Waals surface area contributed by atoms with Crippen LogP contribution in [0, 0.1) is 0 Å². The molecule has 1 heterocycles. The number of halogens is 4. The third-order valence-corrected chi connectivity index (χ3v) is 6.13. The number of hydrogen-bond donors (Lipinski definition) is 0. The first kappa shape index (κ1) is 19.5. The summed E-state index contributed by atoms with van der Waals surface area (Å²) in [6.45, 7) is 0. The van der Waals surface area contributed by atoms with E-state index in [1.165, 1.54) is 34.4 Å². The third-order valence-electron chi connectivity index (χ3n) is 2.69. The molecule has 1 aromatic rings. The van der Waals surface area contributed by atoms with Crippen molar-refractivity contribution in [3.63, 3.8) is 0 Å². The van der Waals surface area contributed by atoms with E-state index >= 15 is 0 Å². The van der Waals surface area contributed by atoms with Crippen LogP contribution in [0.1, 0.15) is 18.4 Å². The van der Waals surface area contributed by atoms with E-state index in [4.69, 9.17) is 13.0 Å². The van der Waals surface area contributed by atoms with Crippen molar-refractivity contribution < 1.29 is 26.1 Å². The van der Waals surface area contributed by atoms with Gasteiger partial charge < -0.3 is 4.55 Å². The molecule has 0 aromatic heterocycles. The zero-order valence-electron chi connectivity index (χ0n) is 11.3. The fourth-order valence-electron chi connectivity index (χ4n) is 1.59. The molecule has 0 spiro atoms. The molecule has 0 atom stereocenters. The molecule has 1 saturated heterocycles. The maximum Gasteiger partial charge on any atom is 0.485 e. The van der Waals surface area contributed by atoms with Gasteiger partial charge in [0.05, 0.1) is 0 Å². The minimum atomic E-state index is -6.09. The molecule has 3 nitrogen and oxygen atoms in total. The minimum absolute atomic E-state index is 0.563. The second-order valence-electron chi connectivity index (χ2n) is 4.38. The van der Waals surface area contributed by atoms with Crippen molar-refractivity contribution >= 4 is 43.0 Å². The van der Waals surface area contributed by atoms with Gasteiger partial charge in [-0.2, -0.15) is 13.2 Å². The maximum atomic E-state index is 10.7. The van der Waals surface area contributed by atoms with Gasteiger partial charge in [-0.3, -0.25) is 0 Å². The molecule has 124 valence electrons. The van der Waals surface area contributed by atoms with Gasteiger partial charge in [-0.15, -0.1) is 0 Å². The molecule has 9 heteroatoms. The SMILES string of the molecule is Brc1ccccc1C=C[S+]1CCCC1.O=S(=O)([O-])C(F)(F)F. The molecule has 0 bridgehead atoms. The second kappa shape index (κ2) is 8.37. The topological polar surface area (TPSA) is 57.2 Å². The van der Waals surface area contributed by atoms with Gasteiger partial charge in [0.1, 0.15) is 16.9 Å². The first-order valence-corrected chi connectivity index (χ1v) is 10.0. The summed E-state index contributed by atoms with van der Waals surface area (Å²) in [6.07, 6.45) is 5.10. The maximum absolute atomic E-state index is 10.7. The van der Waals surface area contributed by atoms with Crippen LogP contribution < -0.4 is 0 Å². The summed E-state index contributed by atoms with van der Waals surface area (Å²) in [6, 6.07) is 8.39. The molecular formula is C13H14BrF3O3S2. The van der Waals surface area contributed by atoms with Crippen molar-refractivity contribution in [3.8, 4) is 0 Å². The van der Waals surface area contributed by atoms with Gasteiger partial charge in [0.15, 0.2) is 10.1 Å². The highest BCUT2D eigenvalue weighted by Crippen LogP contribution is 2.21. The van der Waals surface area contributed by atoms with Crippen LogP contribution in [0.2, 0.25) is 0 Å². The molecule has 2 rings (SSSR count). The van der Waals surface area contributed by atoms with Crippen molar-refractivity contribution in [2.45, 2.75) is 18.3 Å². The molecule has 22 heavy (non-hydrogen) atoms. The predicted molar refractivity (Wildman–Crippen MR) is 85.3 cm³/mol. The number of alkyl halides is 3. The fraction of sp³-hybridized carbons (Fsp3) is 0.385. The quantitative estimate of drug-likeness (QED) is 0.415. The smallest absolute Gasteiger partial charge is 0.485 e. The molecule has 0 amide bonds. The van der Waals surface area contributed by atoms with Crippen LogP contribution in [-0.2, 0) is 21.0 Å². The van der Waals surface area contributed by atoms with Gasteiger partial charge in [-0.25, -0.2) is 8.42 Å². The summed E-state index contributed by atoms with van der Waals surface area (Å²) < 4.78 is 60.1. The van der Waals surface area contributed by atoms with Crippen molar-refractivity contribution in [1.82, 2.24) is 0 Å². The lowest BCUT2D eigenvalue weighted by Gasteiger charge is -2.08. The van der Waals surface area contributed by atoms with Gasteiger partial charge in [0.2, 0.25) is 0 Å². The lowest BCUT2D eigenvalue weighted by atomic mass is 10.2. The molecule has 1 aromatic carbocycles. The molecule has 0 unspecified atom stereocenters. The van der Waals surface area contributed by atoms with E-state index in [1.54, 1.807) is 0 Å². The van der Waals surface area contributed by atoms with Crippen molar-refractivity contribution in [2.75, 3.05) is 11.5 Å². The van der Waals surface area contributed by atoms with E-state index in [1.807, 2.05) is 0 Å². The van der Waals surface area contributed by atoms with E-state index in [-0.39, 0.29) is 0 Å². The van der Waals surface area contributed by atoms with Gasteiger partial charge in [-0.05, 0) is 30.5 Å². The lowest BCUT2D eigenvalue weighted by Crippen LogP contribution is -2.21. The van der Waals surface area contributed by atoms with E-state index in [2.05, 4.69) is 51.7 Å². The summed E-state index contributed by atoms with van der Waals surface area (Å²) in [5, 5.41) is 2.40. The van der Waals surface area contributed by atoms with E-state index in [0.29, 0.717) is 10.9 Å².